The lowest BCUT2D eigenvalue weighted by Gasteiger charge is -2.25. The second kappa shape index (κ2) is 11.0. The number of ether oxygens (including phenoxy) is 4. The van der Waals surface area contributed by atoms with E-state index in [1.54, 1.807) is 50.8 Å². The van der Waals surface area contributed by atoms with Crippen molar-refractivity contribution in [1.29, 1.82) is 0 Å². The Morgan fingerprint density at radius 2 is 1.81 bits per heavy atom. The van der Waals surface area contributed by atoms with E-state index in [0.717, 1.165) is 11.1 Å². The first-order valence-corrected chi connectivity index (χ1v) is 12.8. The largest absolute Gasteiger partial charge is 0.493 e. The molecule has 0 N–H and O–H groups in total. The van der Waals surface area contributed by atoms with Crippen LogP contribution in [0, 0.1) is 0 Å². The molecule has 0 aliphatic carbocycles. The van der Waals surface area contributed by atoms with Gasteiger partial charge in [-0.3, -0.25) is 9.36 Å². The smallest absolute Gasteiger partial charge is 0.338 e. The topological polar surface area (TPSA) is 88.4 Å². The molecule has 37 heavy (non-hydrogen) atoms. The van der Waals surface area contributed by atoms with Crippen molar-refractivity contribution in [2.45, 2.75) is 39.8 Å². The second-order valence-corrected chi connectivity index (χ2v) is 9.66. The lowest BCUT2D eigenvalue weighted by atomic mass is 9.96. The minimum atomic E-state index is -0.684. The summed E-state index contributed by atoms with van der Waals surface area (Å²) in [7, 11) is 3.13. The van der Waals surface area contributed by atoms with Crippen LogP contribution < -0.4 is 29.1 Å². The minimum absolute atomic E-state index is 0.0253. The Morgan fingerprint density at radius 1 is 1.11 bits per heavy atom. The number of carbonyl (C=O) groups excluding carboxylic acids is 1. The first kappa shape index (κ1) is 26.2. The van der Waals surface area contributed by atoms with Crippen LogP contribution in [0.2, 0.25) is 0 Å². The van der Waals surface area contributed by atoms with Crippen LogP contribution in [-0.4, -0.2) is 37.5 Å². The Hall–Kier alpha value is -3.85. The predicted molar refractivity (Wildman–Crippen MR) is 142 cm³/mol. The van der Waals surface area contributed by atoms with E-state index in [1.807, 2.05) is 44.2 Å². The summed E-state index contributed by atoms with van der Waals surface area (Å²) < 4.78 is 23.9. The molecule has 2 heterocycles. The minimum Gasteiger partial charge on any atom is -0.493 e. The van der Waals surface area contributed by atoms with Crippen molar-refractivity contribution in [2.24, 2.45) is 4.99 Å². The average molecular weight is 523 g/mol. The third-order valence-electron chi connectivity index (χ3n) is 5.79. The summed E-state index contributed by atoms with van der Waals surface area (Å²) >= 11 is 1.27. The summed E-state index contributed by atoms with van der Waals surface area (Å²) in [6.45, 7) is 7.64. The molecule has 1 aliphatic rings. The van der Waals surface area contributed by atoms with Crippen molar-refractivity contribution < 1.29 is 23.7 Å². The molecule has 0 amide bonds. The van der Waals surface area contributed by atoms with Crippen LogP contribution in [0.3, 0.4) is 0 Å². The van der Waals surface area contributed by atoms with Gasteiger partial charge in [-0.25, -0.2) is 9.79 Å². The van der Waals surface area contributed by atoms with E-state index in [9.17, 15) is 9.59 Å². The molecule has 0 spiro atoms. The first-order chi connectivity index (χ1) is 17.8. The van der Waals surface area contributed by atoms with E-state index in [4.69, 9.17) is 18.9 Å². The van der Waals surface area contributed by atoms with Crippen molar-refractivity contribution in [3.05, 3.63) is 84.5 Å². The molecule has 4 rings (SSSR count). The van der Waals surface area contributed by atoms with Gasteiger partial charge in [0.2, 0.25) is 0 Å². The lowest BCUT2D eigenvalue weighted by Crippen LogP contribution is -2.39. The van der Waals surface area contributed by atoms with E-state index in [-0.39, 0.29) is 18.3 Å². The molecule has 8 nitrogen and oxygen atoms in total. The van der Waals surface area contributed by atoms with Crippen LogP contribution in [0.5, 0.6) is 17.2 Å². The van der Waals surface area contributed by atoms with Crippen LogP contribution in [0.1, 0.15) is 44.9 Å². The highest BCUT2D eigenvalue weighted by Crippen LogP contribution is 2.32. The molecule has 9 heteroatoms. The van der Waals surface area contributed by atoms with Gasteiger partial charge in [-0.05, 0) is 69.2 Å². The fourth-order valence-electron chi connectivity index (χ4n) is 4.20. The van der Waals surface area contributed by atoms with Crippen molar-refractivity contribution in [3.63, 3.8) is 0 Å². The van der Waals surface area contributed by atoms with Gasteiger partial charge in [-0.2, -0.15) is 0 Å². The lowest BCUT2D eigenvalue weighted by molar-refractivity contribution is -0.139. The summed E-state index contributed by atoms with van der Waals surface area (Å²) in [4.78, 5) is 31.9. The Kier molecular flexibility index (Phi) is 7.83. The van der Waals surface area contributed by atoms with Gasteiger partial charge < -0.3 is 18.9 Å². The highest BCUT2D eigenvalue weighted by Gasteiger charge is 2.33. The summed E-state index contributed by atoms with van der Waals surface area (Å²) in [6.07, 6.45) is 1.81. The van der Waals surface area contributed by atoms with Crippen LogP contribution in [-0.2, 0) is 9.53 Å². The molecule has 1 aromatic heterocycles. The predicted octanol–water partition coefficient (Wildman–Crippen LogP) is 3.60. The van der Waals surface area contributed by atoms with Gasteiger partial charge in [0.1, 0.15) is 5.75 Å². The number of carbonyl (C=O) groups is 1. The zero-order valence-corrected chi connectivity index (χ0v) is 22.5. The molecule has 0 bridgehead atoms. The summed E-state index contributed by atoms with van der Waals surface area (Å²) in [5, 5.41) is 0. The molecule has 194 valence electrons. The number of rotatable bonds is 8. The van der Waals surface area contributed by atoms with Crippen molar-refractivity contribution in [2.75, 3.05) is 20.8 Å². The highest BCUT2D eigenvalue weighted by molar-refractivity contribution is 7.07. The van der Waals surface area contributed by atoms with E-state index in [1.165, 1.54) is 11.3 Å². The van der Waals surface area contributed by atoms with Gasteiger partial charge >= 0.3 is 5.97 Å². The van der Waals surface area contributed by atoms with Gasteiger partial charge in [-0.15, -0.1) is 0 Å². The SMILES string of the molecule is CCOC(=O)C1=C(C)N=c2s/c(=C/c3ccc(OC)c(OC)c3)c(=O)n2C1c1ccc(OC(C)C)cc1. The normalized spacial score (nSPS) is 15.3. The molecular weight excluding hydrogens is 492 g/mol. The molecule has 1 atom stereocenters. The van der Waals surface area contributed by atoms with Crippen LogP contribution in [0.25, 0.3) is 6.08 Å². The number of hydrogen-bond acceptors (Lipinski definition) is 8. The van der Waals surface area contributed by atoms with Crippen molar-refractivity contribution in [1.82, 2.24) is 4.57 Å². The van der Waals surface area contributed by atoms with E-state index in [2.05, 4.69) is 4.99 Å². The molecule has 0 saturated carbocycles. The first-order valence-electron chi connectivity index (χ1n) is 12.0. The van der Waals surface area contributed by atoms with Crippen molar-refractivity contribution in [3.8, 4) is 17.2 Å². The third-order valence-corrected chi connectivity index (χ3v) is 6.77. The number of hydrogen-bond donors (Lipinski definition) is 0. The number of fused-ring (bicyclic) bond motifs is 1. The highest BCUT2D eigenvalue weighted by atomic mass is 32.1. The number of nitrogens with zero attached hydrogens (tertiary/aromatic N) is 2. The average Bonchev–Trinajstić information content (AvgIpc) is 3.17. The van der Waals surface area contributed by atoms with Gasteiger partial charge in [0.05, 0.1) is 48.8 Å². The molecule has 0 radical (unpaired) electrons. The van der Waals surface area contributed by atoms with E-state index < -0.39 is 12.0 Å². The summed E-state index contributed by atoms with van der Waals surface area (Å²) in [5.74, 6) is 1.37. The quantitative estimate of drug-likeness (QED) is 0.420. The summed E-state index contributed by atoms with van der Waals surface area (Å²) in [6, 6.07) is 12.2. The fourth-order valence-corrected chi connectivity index (χ4v) is 5.25. The summed E-state index contributed by atoms with van der Waals surface area (Å²) in [5.41, 5.74) is 2.14. The maximum atomic E-state index is 13.8. The van der Waals surface area contributed by atoms with Crippen molar-refractivity contribution >= 4 is 23.4 Å². The standard InChI is InChI=1S/C28H30N2O6S/c1-7-35-27(32)24-17(4)29-28-30(25(24)19-9-11-20(12-10-19)36-16(2)3)26(31)23(37-28)15-18-8-13-21(33-5)22(14-18)34-6/h8-16,25H,7H2,1-6H3/b23-15+. The molecule has 1 unspecified atom stereocenters. The van der Waals surface area contributed by atoms with Gasteiger partial charge in [0, 0.05) is 0 Å². The van der Waals surface area contributed by atoms with Gasteiger partial charge in [0.15, 0.2) is 16.3 Å². The van der Waals surface area contributed by atoms with Crippen LogP contribution in [0.4, 0.5) is 0 Å². The molecule has 0 saturated heterocycles. The fraction of sp³-hybridized carbons (Fsp3) is 0.321. The Labute approximate surface area is 219 Å². The number of benzene rings is 2. The molecular formula is C28H30N2O6S. The maximum Gasteiger partial charge on any atom is 0.338 e. The number of aromatic nitrogens is 1. The molecule has 1 aliphatic heterocycles. The van der Waals surface area contributed by atoms with Gasteiger partial charge in [0.25, 0.3) is 5.56 Å². The monoisotopic (exact) mass is 522 g/mol. The third kappa shape index (κ3) is 5.32. The second-order valence-electron chi connectivity index (χ2n) is 8.65. The number of allylic oxidation sites excluding steroid dienone is 1. The molecule has 0 fully saturated rings. The Balaban J connectivity index is 1.88. The Bertz CT molecular complexity index is 1520. The zero-order valence-electron chi connectivity index (χ0n) is 21.7. The Morgan fingerprint density at radius 3 is 2.43 bits per heavy atom. The molecule has 3 aromatic rings. The van der Waals surface area contributed by atoms with Crippen LogP contribution >= 0.6 is 11.3 Å². The zero-order chi connectivity index (χ0) is 26.7. The van der Waals surface area contributed by atoms with E-state index in [0.29, 0.717) is 37.9 Å². The number of thiazole rings is 1. The van der Waals surface area contributed by atoms with Crippen LogP contribution in [0.15, 0.2) is 63.5 Å². The maximum absolute atomic E-state index is 13.8. The number of methoxy groups -OCH3 is 2. The molecule has 2 aromatic carbocycles. The van der Waals surface area contributed by atoms with Gasteiger partial charge in [-0.1, -0.05) is 29.5 Å². The number of esters is 1. The van der Waals surface area contributed by atoms with E-state index >= 15 is 0 Å².